The van der Waals surface area contributed by atoms with E-state index >= 15 is 0 Å². The van der Waals surface area contributed by atoms with Crippen LogP contribution in [0.4, 0.5) is 0 Å². The van der Waals surface area contributed by atoms with Crippen LogP contribution < -0.4 is 10.6 Å². The van der Waals surface area contributed by atoms with E-state index in [0.29, 0.717) is 12.1 Å². The van der Waals surface area contributed by atoms with Gasteiger partial charge in [0, 0.05) is 17.6 Å². The van der Waals surface area contributed by atoms with Gasteiger partial charge in [0.2, 0.25) is 0 Å². The van der Waals surface area contributed by atoms with Crippen LogP contribution in [-0.4, -0.2) is 24.1 Å². The normalized spacial score (nSPS) is 15.1. The van der Waals surface area contributed by atoms with Crippen LogP contribution in [0.25, 0.3) is 0 Å². The molecule has 0 aromatic carbocycles. The zero-order valence-corrected chi connectivity index (χ0v) is 10.6. The van der Waals surface area contributed by atoms with Crippen LogP contribution in [0.5, 0.6) is 0 Å². The molecule has 0 spiro atoms. The number of nitrogens with one attached hydrogen (secondary N) is 2. The van der Waals surface area contributed by atoms with E-state index in [-0.39, 0.29) is 0 Å². The first kappa shape index (κ1) is 12.6. The van der Waals surface area contributed by atoms with E-state index in [4.69, 9.17) is 0 Å². The second kappa shape index (κ2) is 6.93. The molecule has 86 valence electrons. The molecule has 1 aromatic heterocycles. The smallest absolute Gasteiger partial charge is 0.109 e. The summed E-state index contributed by atoms with van der Waals surface area (Å²) in [7, 11) is 0. The van der Waals surface area contributed by atoms with E-state index in [1.807, 2.05) is 11.6 Å². The minimum absolute atomic E-state index is 0.374. The number of aromatic nitrogens is 1. The SMILES string of the molecule is CCNC(C)CCNC(C)c1nccs1. The quantitative estimate of drug-likeness (QED) is 0.749. The van der Waals surface area contributed by atoms with Gasteiger partial charge in [-0.05, 0) is 33.4 Å². The highest BCUT2D eigenvalue weighted by molar-refractivity contribution is 7.09. The summed E-state index contributed by atoms with van der Waals surface area (Å²) in [5.41, 5.74) is 0. The molecular formula is C11H21N3S. The average Bonchev–Trinajstić information content (AvgIpc) is 2.70. The van der Waals surface area contributed by atoms with Crippen molar-refractivity contribution >= 4 is 11.3 Å². The Kier molecular flexibility index (Phi) is 5.83. The maximum absolute atomic E-state index is 4.29. The Labute approximate surface area is 96.3 Å². The van der Waals surface area contributed by atoms with Gasteiger partial charge < -0.3 is 10.6 Å². The molecule has 0 saturated carbocycles. The van der Waals surface area contributed by atoms with Crippen LogP contribution in [0.1, 0.15) is 38.2 Å². The second-order valence-corrected chi connectivity index (χ2v) is 4.72. The van der Waals surface area contributed by atoms with E-state index in [1.165, 1.54) is 5.01 Å². The molecule has 1 rings (SSSR count). The van der Waals surface area contributed by atoms with Gasteiger partial charge in [0.15, 0.2) is 0 Å². The molecule has 2 N–H and O–H groups in total. The van der Waals surface area contributed by atoms with Gasteiger partial charge in [0.05, 0.1) is 6.04 Å². The predicted octanol–water partition coefficient (Wildman–Crippen LogP) is 2.18. The molecular weight excluding hydrogens is 206 g/mol. The molecule has 0 amide bonds. The Morgan fingerprint density at radius 1 is 1.40 bits per heavy atom. The van der Waals surface area contributed by atoms with E-state index in [9.17, 15) is 0 Å². The summed E-state index contributed by atoms with van der Waals surface area (Å²) in [6.45, 7) is 8.61. The van der Waals surface area contributed by atoms with E-state index < -0.39 is 0 Å². The summed E-state index contributed by atoms with van der Waals surface area (Å²) in [6.07, 6.45) is 3.02. The highest BCUT2D eigenvalue weighted by Gasteiger charge is 2.07. The first-order chi connectivity index (χ1) is 7.24. The Morgan fingerprint density at radius 3 is 2.80 bits per heavy atom. The van der Waals surface area contributed by atoms with Crippen molar-refractivity contribution in [3.05, 3.63) is 16.6 Å². The fourth-order valence-electron chi connectivity index (χ4n) is 1.50. The summed E-state index contributed by atoms with van der Waals surface area (Å²) in [5.74, 6) is 0. The van der Waals surface area contributed by atoms with Crippen molar-refractivity contribution in [1.82, 2.24) is 15.6 Å². The van der Waals surface area contributed by atoms with Gasteiger partial charge in [-0.25, -0.2) is 4.98 Å². The van der Waals surface area contributed by atoms with Crippen molar-refractivity contribution in [2.45, 2.75) is 39.3 Å². The minimum Gasteiger partial charge on any atom is -0.314 e. The largest absolute Gasteiger partial charge is 0.314 e. The standard InChI is InChI=1S/C11H21N3S/c1-4-12-9(2)5-6-13-10(3)11-14-7-8-15-11/h7-10,12-13H,4-6H2,1-3H3. The lowest BCUT2D eigenvalue weighted by molar-refractivity contribution is 0.478. The third-order valence-electron chi connectivity index (χ3n) is 2.40. The van der Waals surface area contributed by atoms with Crippen molar-refractivity contribution in [2.75, 3.05) is 13.1 Å². The van der Waals surface area contributed by atoms with Crippen molar-refractivity contribution in [1.29, 1.82) is 0 Å². The number of nitrogens with zero attached hydrogens (tertiary/aromatic N) is 1. The van der Waals surface area contributed by atoms with Crippen LogP contribution in [0.2, 0.25) is 0 Å². The molecule has 2 atom stereocenters. The number of hydrogen-bond acceptors (Lipinski definition) is 4. The molecule has 15 heavy (non-hydrogen) atoms. The van der Waals surface area contributed by atoms with Crippen molar-refractivity contribution < 1.29 is 0 Å². The van der Waals surface area contributed by atoms with E-state index in [0.717, 1.165) is 19.5 Å². The summed E-state index contributed by atoms with van der Waals surface area (Å²) < 4.78 is 0. The van der Waals surface area contributed by atoms with Crippen LogP contribution in [0.3, 0.4) is 0 Å². The van der Waals surface area contributed by atoms with Crippen LogP contribution in [0, 0.1) is 0 Å². The molecule has 2 unspecified atom stereocenters. The molecule has 0 fully saturated rings. The average molecular weight is 227 g/mol. The second-order valence-electron chi connectivity index (χ2n) is 3.79. The molecule has 0 bridgehead atoms. The van der Waals surface area contributed by atoms with Gasteiger partial charge in [-0.3, -0.25) is 0 Å². The molecule has 0 aliphatic carbocycles. The van der Waals surface area contributed by atoms with Gasteiger partial charge >= 0.3 is 0 Å². The summed E-state index contributed by atoms with van der Waals surface area (Å²) in [5, 5.41) is 10.1. The molecule has 1 aromatic rings. The molecule has 3 nitrogen and oxygen atoms in total. The summed E-state index contributed by atoms with van der Waals surface area (Å²) in [4.78, 5) is 4.29. The third-order valence-corrected chi connectivity index (χ3v) is 3.36. The lowest BCUT2D eigenvalue weighted by Gasteiger charge is -2.15. The van der Waals surface area contributed by atoms with Crippen LogP contribution in [-0.2, 0) is 0 Å². The first-order valence-corrected chi connectivity index (χ1v) is 6.48. The molecule has 0 aliphatic rings. The Balaban J connectivity index is 2.15. The lowest BCUT2D eigenvalue weighted by atomic mass is 10.2. The zero-order valence-electron chi connectivity index (χ0n) is 9.79. The van der Waals surface area contributed by atoms with Gasteiger partial charge in [-0.15, -0.1) is 11.3 Å². The fourth-order valence-corrected chi connectivity index (χ4v) is 2.17. The van der Waals surface area contributed by atoms with Crippen molar-refractivity contribution in [3.8, 4) is 0 Å². The van der Waals surface area contributed by atoms with E-state index in [2.05, 4.69) is 36.4 Å². The zero-order chi connectivity index (χ0) is 11.1. The molecule has 1 heterocycles. The number of rotatable bonds is 7. The minimum atomic E-state index is 0.374. The maximum atomic E-state index is 4.29. The lowest BCUT2D eigenvalue weighted by Crippen LogP contribution is -2.30. The molecule has 0 aliphatic heterocycles. The Bertz CT molecular complexity index is 248. The fraction of sp³-hybridized carbons (Fsp3) is 0.727. The third kappa shape index (κ3) is 4.73. The highest BCUT2D eigenvalue weighted by Crippen LogP contribution is 2.14. The summed E-state index contributed by atoms with van der Waals surface area (Å²) in [6, 6.07) is 0.963. The van der Waals surface area contributed by atoms with E-state index in [1.54, 1.807) is 11.3 Å². The van der Waals surface area contributed by atoms with Crippen LogP contribution >= 0.6 is 11.3 Å². The summed E-state index contributed by atoms with van der Waals surface area (Å²) >= 11 is 1.71. The predicted molar refractivity (Wildman–Crippen MR) is 66.3 cm³/mol. The monoisotopic (exact) mass is 227 g/mol. The van der Waals surface area contributed by atoms with Crippen molar-refractivity contribution in [3.63, 3.8) is 0 Å². The molecule has 0 saturated heterocycles. The molecule has 4 heteroatoms. The van der Waals surface area contributed by atoms with Gasteiger partial charge in [-0.1, -0.05) is 6.92 Å². The number of hydrogen-bond donors (Lipinski definition) is 2. The molecule has 0 radical (unpaired) electrons. The maximum Gasteiger partial charge on any atom is 0.109 e. The first-order valence-electron chi connectivity index (χ1n) is 5.60. The highest BCUT2D eigenvalue weighted by atomic mass is 32.1. The topological polar surface area (TPSA) is 37.0 Å². The van der Waals surface area contributed by atoms with Crippen LogP contribution in [0.15, 0.2) is 11.6 Å². The van der Waals surface area contributed by atoms with Gasteiger partial charge in [0.1, 0.15) is 5.01 Å². The van der Waals surface area contributed by atoms with Gasteiger partial charge in [-0.2, -0.15) is 0 Å². The Morgan fingerprint density at radius 2 is 2.20 bits per heavy atom. The van der Waals surface area contributed by atoms with Crippen molar-refractivity contribution in [2.24, 2.45) is 0 Å². The number of thiazole rings is 1. The Hall–Kier alpha value is -0.450. The van der Waals surface area contributed by atoms with Gasteiger partial charge in [0.25, 0.3) is 0 Å².